The Morgan fingerprint density at radius 2 is 1.79 bits per heavy atom. The second kappa shape index (κ2) is 4.88. The standard InChI is InChI=1S/C15H17ClO2S/c1-8-9(2)14(17)18-13-10(8)6-7-11(12(13)16)19-15(3,4)5/h6-7H,1-5H3. The first-order valence-corrected chi connectivity index (χ1v) is 7.31. The third-order valence-electron chi connectivity index (χ3n) is 2.95. The first-order chi connectivity index (χ1) is 8.70. The van der Waals surface area contributed by atoms with Crippen LogP contribution in [0.3, 0.4) is 0 Å². The lowest BCUT2D eigenvalue weighted by molar-refractivity contribution is 0.553. The maximum absolute atomic E-state index is 11.8. The predicted molar refractivity (Wildman–Crippen MR) is 82.6 cm³/mol. The number of thioether (sulfide) groups is 1. The molecule has 2 aromatic rings. The van der Waals surface area contributed by atoms with E-state index in [-0.39, 0.29) is 10.4 Å². The van der Waals surface area contributed by atoms with E-state index in [1.165, 1.54) is 0 Å². The van der Waals surface area contributed by atoms with Gasteiger partial charge in [0.25, 0.3) is 0 Å². The van der Waals surface area contributed by atoms with Gasteiger partial charge in [0.15, 0.2) is 5.58 Å². The molecule has 4 heteroatoms. The van der Waals surface area contributed by atoms with Gasteiger partial charge in [0.1, 0.15) is 0 Å². The van der Waals surface area contributed by atoms with E-state index in [0.29, 0.717) is 16.2 Å². The van der Waals surface area contributed by atoms with Crippen molar-refractivity contribution in [1.82, 2.24) is 0 Å². The first kappa shape index (κ1) is 14.5. The summed E-state index contributed by atoms with van der Waals surface area (Å²) in [7, 11) is 0. The molecule has 0 amide bonds. The summed E-state index contributed by atoms with van der Waals surface area (Å²) >= 11 is 8.05. The Hall–Kier alpha value is -0.930. The van der Waals surface area contributed by atoms with Crippen LogP contribution < -0.4 is 5.63 Å². The zero-order valence-corrected chi connectivity index (χ0v) is 13.3. The molecule has 0 radical (unpaired) electrons. The van der Waals surface area contributed by atoms with Crippen LogP contribution in [0.2, 0.25) is 5.02 Å². The zero-order valence-electron chi connectivity index (χ0n) is 11.8. The third kappa shape index (κ3) is 2.82. The number of aryl methyl sites for hydroxylation is 1. The van der Waals surface area contributed by atoms with Gasteiger partial charge < -0.3 is 4.42 Å². The van der Waals surface area contributed by atoms with Crippen LogP contribution in [-0.2, 0) is 0 Å². The number of benzene rings is 1. The molecule has 102 valence electrons. The molecular formula is C15H17ClO2S. The van der Waals surface area contributed by atoms with Crippen molar-refractivity contribution in [2.75, 3.05) is 0 Å². The van der Waals surface area contributed by atoms with Crippen molar-refractivity contribution in [3.8, 4) is 0 Å². The second-order valence-electron chi connectivity index (χ2n) is 5.61. The molecule has 2 nitrogen and oxygen atoms in total. The molecule has 0 spiro atoms. The molecule has 1 aromatic heterocycles. The average Bonchev–Trinajstić information content (AvgIpc) is 2.29. The van der Waals surface area contributed by atoms with Gasteiger partial charge in [-0.1, -0.05) is 32.4 Å². The third-order valence-corrected chi connectivity index (χ3v) is 4.61. The molecule has 0 fully saturated rings. The number of hydrogen-bond donors (Lipinski definition) is 0. The molecule has 1 aromatic carbocycles. The van der Waals surface area contributed by atoms with Gasteiger partial charge >= 0.3 is 5.63 Å². The monoisotopic (exact) mass is 296 g/mol. The highest BCUT2D eigenvalue weighted by molar-refractivity contribution is 8.00. The van der Waals surface area contributed by atoms with Crippen LogP contribution >= 0.6 is 23.4 Å². The Balaban J connectivity index is 2.72. The normalized spacial score (nSPS) is 12.1. The number of hydrogen-bond acceptors (Lipinski definition) is 3. The summed E-state index contributed by atoms with van der Waals surface area (Å²) in [5, 5.41) is 1.43. The average molecular weight is 297 g/mol. The summed E-state index contributed by atoms with van der Waals surface area (Å²) in [5.74, 6) is 0. The molecule has 0 aliphatic carbocycles. The first-order valence-electron chi connectivity index (χ1n) is 6.12. The molecule has 0 N–H and O–H groups in total. The SMILES string of the molecule is Cc1c(C)c2ccc(SC(C)(C)C)c(Cl)c2oc1=O. The summed E-state index contributed by atoms with van der Waals surface area (Å²) in [5.41, 5.74) is 1.74. The van der Waals surface area contributed by atoms with Crippen LogP contribution in [0.25, 0.3) is 11.0 Å². The lowest BCUT2D eigenvalue weighted by atomic mass is 10.1. The second-order valence-corrected chi connectivity index (χ2v) is 7.85. The Bertz CT molecular complexity index is 696. The van der Waals surface area contributed by atoms with Gasteiger partial charge in [-0.05, 0) is 31.5 Å². The maximum Gasteiger partial charge on any atom is 0.339 e. The molecule has 1 heterocycles. The molecule has 0 aliphatic heterocycles. The van der Waals surface area contributed by atoms with Gasteiger partial charge in [0.05, 0.1) is 5.02 Å². The van der Waals surface area contributed by atoms with Gasteiger partial charge in [-0.25, -0.2) is 4.79 Å². The summed E-state index contributed by atoms with van der Waals surface area (Å²) in [4.78, 5) is 12.7. The molecule has 0 aliphatic rings. The van der Waals surface area contributed by atoms with E-state index in [9.17, 15) is 4.79 Å². The number of rotatable bonds is 1. The number of fused-ring (bicyclic) bond motifs is 1. The molecule has 0 saturated heterocycles. The lowest BCUT2D eigenvalue weighted by Crippen LogP contribution is -2.08. The topological polar surface area (TPSA) is 30.2 Å². The molecule has 0 atom stereocenters. The highest BCUT2D eigenvalue weighted by atomic mass is 35.5. The molecule has 0 bridgehead atoms. The summed E-state index contributed by atoms with van der Waals surface area (Å²) in [6, 6.07) is 3.97. The van der Waals surface area contributed by atoms with Crippen molar-refractivity contribution >= 4 is 34.3 Å². The minimum atomic E-state index is -0.315. The van der Waals surface area contributed by atoms with Gasteiger partial charge in [-0.15, -0.1) is 11.8 Å². The summed E-state index contributed by atoms with van der Waals surface area (Å²) in [6.45, 7) is 10.0. The van der Waals surface area contributed by atoms with E-state index in [0.717, 1.165) is 15.8 Å². The quantitative estimate of drug-likeness (QED) is 0.551. The van der Waals surface area contributed by atoms with Crippen LogP contribution in [0.5, 0.6) is 0 Å². The minimum absolute atomic E-state index is 0.0529. The van der Waals surface area contributed by atoms with Crippen molar-refractivity contribution in [2.45, 2.75) is 44.3 Å². The highest BCUT2D eigenvalue weighted by Crippen LogP contribution is 2.40. The van der Waals surface area contributed by atoms with Crippen LogP contribution in [0, 0.1) is 13.8 Å². The summed E-state index contributed by atoms with van der Waals surface area (Å²) in [6.07, 6.45) is 0. The molecule has 19 heavy (non-hydrogen) atoms. The van der Waals surface area contributed by atoms with Gasteiger partial charge in [-0.3, -0.25) is 0 Å². The molecule has 0 saturated carbocycles. The van der Waals surface area contributed by atoms with Crippen molar-refractivity contribution in [2.24, 2.45) is 0 Å². The Labute approximate surface area is 122 Å². The Morgan fingerprint density at radius 3 is 2.37 bits per heavy atom. The zero-order chi connectivity index (χ0) is 14.4. The van der Waals surface area contributed by atoms with Crippen molar-refractivity contribution in [3.63, 3.8) is 0 Å². The van der Waals surface area contributed by atoms with Crippen molar-refractivity contribution < 1.29 is 4.42 Å². The van der Waals surface area contributed by atoms with Gasteiger partial charge in [0, 0.05) is 20.6 Å². The van der Waals surface area contributed by atoms with Crippen molar-refractivity contribution in [1.29, 1.82) is 0 Å². The predicted octanol–water partition coefficient (Wildman–Crippen LogP) is 4.95. The molecule has 0 unspecified atom stereocenters. The van der Waals surface area contributed by atoms with Crippen LogP contribution in [0.15, 0.2) is 26.2 Å². The van der Waals surface area contributed by atoms with E-state index in [1.807, 2.05) is 19.1 Å². The molecule has 2 rings (SSSR count). The van der Waals surface area contributed by atoms with E-state index in [4.69, 9.17) is 16.0 Å². The largest absolute Gasteiger partial charge is 0.421 e. The van der Waals surface area contributed by atoms with Crippen LogP contribution in [-0.4, -0.2) is 4.75 Å². The van der Waals surface area contributed by atoms with E-state index < -0.39 is 0 Å². The highest BCUT2D eigenvalue weighted by Gasteiger charge is 2.18. The number of halogens is 1. The fraction of sp³-hybridized carbons (Fsp3) is 0.400. The lowest BCUT2D eigenvalue weighted by Gasteiger charge is -2.19. The Morgan fingerprint density at radius 1 is 1.16 bits per heavy atom. The fourth-order valence-corrected chi connectivity index (χ4v) is 3.16. The van der Waals surface area contributed by atoms with Crippen molar-refractivity contribution in [3.05, 3.63) is 38.7 Å². The van der Waals surface area contributed by atoms with Crippen LogP contribution in [0.1, 0.15) is 31.9 Å². The van der Waals surface area contributed by atoms with Crippen LogP contribution in [0.4, 0.5) is 0 Å². The van der Waals surface area contributed by atoms with E-state index in [1.54, 1.807) is 18.7 Å². The van der Waals surface area contributed by atoms with E-state index >= 15 is 0 Å². The minimum Gasteiger partial charge on any atom is -0.421 e. The maximum atomic E-state index is 11.8. The van der Waals surface area contributed by atoms with Gasteiger partial charge in [0.2, 0.25) is 0 Å². The summed E-state index contributed by atoms with van der Waals surface area (Å²) < 4.78 is 5.41. The van der Waals surface area contributed by atoms with E-state index in [2.05, 4.69) is 20.8 Å². The smallest absolute Gasteiger partial charge is 0.339 e. The Kier molecular flexibility index (Phi) is 3.72. The van der Waals surface area contributed by atoms with Gasteiger partial charge in [-0.2, -0.15) is 0 Å². The molecular weight excluding hydrogens is 280 g/mol. The fourth-order valence-electron chi connectivity index (χ4n) is 1.87.